The van der Waals surface area contributed by atoms with Gasteiger partial charge >= 0.3 is 0 Å². The molecule has 0 saturated heterocycles. The van der Waals surface area contributed by atoms with Gasteiger partial charge in [-0.25, -0.2) is 0 Å². The molecule has 0 radical (unpaired) electrons. The third-order valence-corrected chi connectivity index (χ3v) is 3.22. The van der Waals surface area contributed by atoms with Gasteiger partial charge in [0.15, 0.2) is 5.84 Å². The molecule has 18 heavy (non-hydrogen) atoms. The summed E-state index contributed by atoms with van der Waals surface area (Å²) in [4.78, 5) is 11.9. The fraction of sp³-hybridized carbons (Fsp3) is 0.600. The van der Waals surface area contributed by atoms with Gasteiger partial charge in [-0.1, -0.05) is 5.16 Å². The van der Waals surface area contributed by atoms with Crippen LogP contribution in [0.15, 0.2) is 11.5 Å². The molecule has 0 atom stereocenters. The number of aryl methyl sites for hydroxylation is 1. The molecule has 1 fully saturated rings. The molecule has 0 unspecified atom stereocenters. The van der Waals surface area contributed by atoms with Crippen molar-refractivity contribution in [2.75, 3.05) is 6.54 Å². The van der Waals surface area contributed by atoms with E-state index >= 15 is 0 Å². The van der Waals surface area contributed by atoms with Crippen LogP contribution in [0.5, 0.6) is 0 Å². The minimum absolute atomic E-state index is 0.0151. The second-order valence-corrected chi connectivity index (χ2v) is 4.43. The van der Waals surface area contributed by atoms with Crippen molar-refractivity contribution in [3.8, 4) is 0 Å². The minimum Gasteiger partial charge on any atom is -0.409 e. The normalized spacial score (nSPS) is 17.5. The molecule has 2 rings (SSSR count). The second kappa shape index (κ2) is 4.63. The van der Waals surface area contributed by atoms with E-state index in [-0.39, 0.29) is 11.7 Å². The molecule has 0 aromatic carbocycles. The number of rotatable bonds is 5. The number of carbonyl (C=O) groups excluding carboxylic acids is 1. The van der Waals surface area contributed by atoms with Crippen LogP contribution in [-0.2, 0) is 18.3 Å². The SMILES string of the molecule is Cn1cnnc1CCNC(=O)C1(C(N)=NO)CC1. The number of nitrogens with two attached hydrogens (primary N) is 1. The molecule has 1 aromatic rings. The highest BCUT2D eigenvalue weighted by molar-refractivity contribution is 6.09. The highest BCUT2D eigenvalue weighted by Gasteiger charge is 2.54. The van der Waals surface area contributed by atoms with Gasteiger partial charge in [-0.2, -0.15) is 0 Å². The molecular weight excluding hydrogens is 236 g/mol. The summed E-state index contributed by atoms with van der Waals surface area (Å²) < 4.78 is 1.79. The van der Waals surface area contributed by atoms with Crippen molar-refractivity contribution in [1.82, 2.24) is 20.1 Å². The fourth-order valence-electron chi connectivity index (χ4n) is 1.81. The number of aromatic nitrogens is 3. The largest absolute Gasteiger partial charge is 0.409 e. The zero-order chi connectivity index (χ0) is 13.2. The summed E-state index contributed by atoms with van der Waals surface area (Å²) in [6, 6.07) is 0. The van der Waals surface area contributed by atoms with Gasteiger partial charge in [0.2, 0.25) is 5.91 Å². The van der Waals surface area contributed by atoms with Gasteiger partial charge in [-0.05, 0) is 12.8 Å². The molecule has 0 aliphatic heterocycles. The van der Waals surface area contributed by atoms with Crippen molar-refractivity contribution >= 4 is 11.7 Å². The van der Waals surface area contributed by atoms with E-state index in [0.29, 0.717) is 25.8 Å². The first-order valence-corrected chi connectivity index (χ1v) is 5.69. The van der Waals surface area contributed by atoms with Crippen LogP contribution in [0.25, 0.3) is 0 Å². The molecule has 8 heteroatoms. The van der Waals surface area contributed by atoms with Crippen LogP contribution in [0.3, 0.4) is 0 Å². The lowest BCUT2D eigenvalue weighted by Crippen LogP contribution is -2.41. The standard InChI is InChI=1S/C10H16N6O2/c1-16-6-13-14-7(16)2-5-12-9(17)10(3-4-10)8(11)15-18/h6,18H,2-5H2,1H3,(H2,11,15)(H,12,17). The van der Waals surface area contributed by atoms with E-state index in [4.69, 9.17) is 10.9 Å². The van der Waals surface area contributed by atoms with Gasteiger partial charge in [0.05, 0.1) is 0 Å². The third kappa shape index (κ3) is 2.13. The van der Waals surface area contributed by atoms with Crippen LogP contribution in [0.4, 0.5) is 0 Å². The molecule has 1 aliphatic rings. The number of hydrogen-bond donors (Lipinski definition) is 3. The van der Waals surface area contributed by atoms with Crippen LogP contribution >= 0.6 is 0 Å². The van der Waals surface area contributed by atoms with Gasteiger partial charge in [-0.3, -0.25) is 4.79 Å². The third-order valence-electron chi connectivity index (χ3n) is 3.22. The Morgan fingerprint density at radius 1 is 1.72 bits per heavy atom. The summed E-state index contributed by atoms with van der Waals surface area (Å²) in [6.07, 6.45) is 3.45. The molecule has 1 saturated carbocycles. The Bertz CT molecular complexity index is 476. The van der Waals surface area contributed by atoms with Crippen molar-refractivity contribution in [3.63, 3.8) is 0 Å². The summed E-state index contributed by atoms with van der Waals surface area (Å²) >= 11 is 0. The van der Waals surface area contributed by atoms with Crippen molar-refractivity contribution in [2.45, 2.75) is 19.3 Å². The lowest BCUT2D eigenvalue weighted by Gasteiger charge is -2.13. The molecule has 98 valence electrons. The average Bonchev–Trinajstić information content (AvgIpc) is 3.09. The zero-order valence-corrected chi connectivity index (χ0v) is 10.1. The van der Waals surface area contributed by atoms with E-state index in [1.165, 1.54) is 0 Å². The Labute approximate surface area is 104 Å². The van der Waals surface area contributed by atoms with Crippen molar-refractivity contribution in [3.05, 3.63) is 12.2 Å². The molecule has 1 amide bonds. The van der Waals surface area contributed by atoms with Gasteiger partial charge in [0.25, 0.3) is 0 Å². The number of amidine groups is 1. The van der Waals surface area contributed by atoms with Gasteiger partial charge in [0.1, 0.15) is 17.6 Å². The predicted octanol–water partition coefficient (Wildman–Crippen LogP) is -1.000. The maximum Gasteiger partial charge on any atom is 0.233 e. The van der Waals surface area contributed by atoms with Crippen LogP contribution < -0.4 is 11.1 Å². The Hall–Kier alpha value is -2.12. The maximum atomic E-state index is 11.9. The van der Waals surface area contributed by atoms with E-state index in [1.54, 1.807) is 10.9 Å². The summed E-state index contributed by atoms with van der Waals surface area (Å²) in [5.41, 5.74) is 4.72. The number of nitrogens with zero attached hydrogens (tertiary/aromatic N) is 4. The molecule has 0 spiro atoms. The van der Waals surface area contributed by atoms with Gasteiger partial charge < -0.3 is 20.8 Å². The van der Waals surface area contributed by atoms with Crippen LogP contribution in [-0.4, -0.2) is 38.3 Å². The van der Waals surface area contributed by atoms with Crippen LogP contribution in [0.2, 0.25) is 0 Å². The quantitative estimate of drug-likeness (QED) is 0.269. The van der Waals surface area contributed by atoms with E-state index < -0.39 is 5.41 Å². The first kappa shape index (κ1) is 12.3. The fourth-order valence-corrected chi connectivity index (χ4v) is 1.81. The summed E-state index contributed by atoms with van der Waals surface area (Å²) in [6.45, 7) is 0.450. The van der Waals surface area contributed by atoms with Gasteiger partial charge in [-0.15, -0.1) is 10.2 Å². The lowest BCUT2D eigenvalue weighted by atomic mass is 10.1. The lowest BCUT2D eigenvalue weighted by molar-refractivity contribution is -0.124. The summed E-state index contributed by atoms with van der Waals surface area (Å²) in [5, 5.41) is 22.0. The van der Waals surface area contributed by atoms with E-state index in [2.05, 4.69) is 20.7 Å². The van der Waals surface area contributed by atoms with Crippen molar-refractivity contribution < 1.29 is 10.0 Å². The topological polar surface area (TPSA) is 118 Å². The molecule has 8 nitrogen and oxygen atoms in total. The Morgan fingerprint density at radius 3 is 2.94 bits per heavy atom. The summed E-state index contributed by atoms with van der Waals surface area (Å²) in [5.74, 6) is 0.586. The minimum atomic E-state index is -0.797. The monoisotopic (exact) mass is 252 g/mol. The zero-order valence-electron chi connectivity index (χ0n) is 10.1. The predicted molar refractivity (Wildman–Crippen MR) is 62.8 cm³/mol. The van der Waals surface area contributed by atoms with Crippen molar-refractivity contribution in [2.24, 2.45) is 23.4 Å². The second-order valence-electron chi connectivity index (χ2n) is 4.43. The number of hydrogen-bond acceptors (Lipinski definition) is 5. The Morgan fingerprint density at radius 2 is 2.44 bits per heavy atom. The molecular formula is C10H16N6O2. The van der Waals surface area contributed by atoms with Crippen LogP contribution in [0, 0.1) is 5.41 Å². The summed E-state index contributed by atoms with van der Waals surface area (Å²) in [7, 11) is 1.84. The smallest absolute Gasteiger partial charge is 0.233 e. The van der Waals surface area contributed by atoms with Gasteiger partial charge in [0, 0.05) is 20.0 Å². The Kier molecular flexibility index (Phi) is 3.17. The average molecular weight is 252 g/mol. The number of oxime groups is 1. The highest BCUT2D eigenvalue weighted by atomic mass is 16.4. The molecule has 1 heterocycles. The van der Waals surface area contributed by atoms with E-state index in [9.17, 15) is 4.79 Å². The molecule has 1 aliphatic carbocycles. The highest BCUT2D eigenvalue weighted by Crippen LogP contribution is 2.45. The van der Waals surface area contributed by atoms with E-state index in [0.717, 1.165) is 5.82 Å². The molecule has 1 aromatic heterocycles. The molecule has 4 N–H and O–H groups in total. The van der Waals surface area contributed by atoms with E-state index in [1.807, 2.05) is 7.05 Å². The number of carbonyl (C=O) groups is 1. The number of amides is 1. The molecule has 0 bridgehead atoms. The van der Waals surface area contributed by atoms with Crippen LogP contribution in [0.1, 0.15) is 18.7 Å². The Balaban J connectivity index is 1.85. The first-order chi connectivity index (χ1) is 8.60. The number of nitrogens with one attached hydrogen (secondary N) is 1. The van der Waals surface area contributed by atoms with Crippen molar-refractivity contribution in [1.29, 1.82) is 0 Å². The maximum absolute atomic E-state index is 11.9. The first-order valence-electron chi connectivity index (χ1n) is 5.69.